The standard InChI is InChI=1S/C30H35F2N5O7/c1-29(2,3)44-28(42)36-30(4,5)27(41)34-22(16-43-15-18-9-7-6-8-10-18)25(38)35-23-14-37(17-33-23)24(26(39)40)19-11-12-20(31)21(32)13-19/h6-14,17,22,24H,15-16H2,1-5H3,(H,34,41)(H,35,38)(H,36,42)(H,39,40)/t22-,24?/m1/s1. The zero-order valence-corrected chi connectivity index (χ0v) is 24.9. The number of imidazole rings is 1. The van der Waals surface area contributed by atoms with Gasteiger partial charge in [0.2, 0.25) is 5.91 Å². The van der Waals surface area contributed by atoms with E-state index in [1.54, 1.807) is 20.8 Å². The van der Waals surface area contributed by atoms with Gasteiger partial charge in [0.25, 0.3) is 5.91 Å². The molecular formula is C30H35F2N5O7. The number of amides is 3. The first-order chi connectivity index (χ1) is 20.6. The third-order valence-electron chi connectivity index (χ3n) is 6.04. The lowest BCUT2D eigenvalue weighted by atomic mass is 10.0. The molecule has 1 heterocycles. The summed E-state index contributed by atoms with van der Waals surface area (Å²) in [5.41, 5.74) is -1.55. The van der Waals surface area contributed by atoms with E-state index >= 15 is 0 Å². The number of hydrogen-bond donors (Lipinski definition) is 4. The number of carbonyl (C=O) groups is 4. The van der Waals surface area contributed by atoms with Gasteiger partial charge in [0.05, 0.1) is 19.5 Å². The Morgan fingerprint density at radius 3 is 2.30 bits per heavy atom. The number of nitrogens with zero attached hydrogens (tertiary/aromatic N) is 2. The Morgan fingerprint density at radius 2 is 1.68 bits per heavy atom. The molecule has 0 fully saturated rings. The van der Waals surface area contributed by atoms with Crippen molar-refractivity contribution in [2.75, 3.05) is 11.9 Å². The van der Waals surface area contributed by atoms with Crippen molar-refractivity contribution in [2.24, 2.45) is 0 Å². The minimum absolute atomic E-state index is 0.0640. The first kappa shape index (κ1) is 33.6. The molecule has 0 bridgehead atoms. The van der Waals surface area contributed by atoms with Crippen molar-refractivity contribution >= 4 is 29.7 Å². The van der Waals surface area contributed by atoms with Gasteiger partial charge in [-0.25, -0.2) is 23.4 Å². The zero-order valence-electron chi connectivity index (χ0n) is 24.9. The molecule has 0 spiro atoms. The monoisotopic (exact) mass is 615 g/mol. The molecule has 3 rings (SSSR count). The van der Waals surface area contributed by atoms with Crippen molar-refractivity contribution < 1.29 is 42.5 Å². The Bertz CT molecular complexity index is 1490. The molecule has 236 valence electrons. The molecule has 2 atom stereocenters. The lowest BCUT2D eigenvalue weighted by Gasteiger charge is -2.29. The highest BCUT2D eigenvalue weighted by Crippen LogP contribution is 2.22. The van der Waals surface area contributed by atoms with Crippen molar-refractivity contribution in [1.29, 1.82) is 0 Å². The third-order valence-corrected chi connectivity index (χ3v) is 6.04. The summed E-state index contributed by atoms with van der Waals surface area (Å²) in [5, 5.41) is 17.3. The van der Waals surface area contributed by atoms with Crippen LogP contribution in [0.3, 0.4) is 0 Å². The van der Waals surface area contributed by atoms with E-state index in [9.17, 15) is 33.1 Å². The van der Waals surface area contributed by atoms with E-state index < -0.39 is 58.7 Å². The molecule has 44 heavy (non-hydrogen) atoms. The van der Waals surface area contributed by atoms with Crippen molar-refractivity contribution in [2.45, 2.75) is 64.4 Å². The Morgan fingerprint density at radius 1 is 1.00 bits per heavy atom. The van der Waals surface area contributed by atoms with Gasteiger partial charge < -0.3 is 35.1 Å². The fourth-order valence-corrected chi connectivity index (χ4v) is 3.89. The van der Waals surface area contributed by atoms with Crippen molar-refractivity contribution in [3.05, 3.63) is 83.8 Å². The number of benzene rings is 2. The average Bonchev–Trinajstić information content (AvgIpc) is 3.36. The van der Waals surface area contributed by atoms with Gasteiger partial charge in [-0.3, -0.25) is 9.59 Å². The van der Waals surface area contributed by atoms with E-state index in [1.807, 2.05) is 30.3 Å². The van der Waals surface area contributed by atoms with Crippen molar-refractivity contribution in [1.82, 2.24) is 20.2 Å². The second-order valence-corrected chi connectivity index (χ2v) is 11.4. The maximum atomic E-state index is 13.8. The lowest BCUT2D eigenvalue weighted by molar-refractivity contribution is -0.139. The molecule has 3 aromatic rings. The Kier molecular flexibility index (Phi) is 10.8. The molecule has 1 aromatic heterocycles. The highest BCUT2D eigenvalue weighted by molar-refractivity contribution is 5.98. The second-order valence-electron chi connectivity index (χ2n) is 11.4. The van der Waals surface area contributed by atoms with Gasteiger partial charge in [0, 0.05) is 6.20 Å². The Labute approximate surface area is 252 Å². The summed E-state index contributed by atoms with van der Waals surface area (Å²) in [6, 6.07) is 9.04. The fraction of sp³-hybridized carbons (Fsp3) is 0.367. The van der Waals surface area contributed by atoms with Gasteiger partial charge >= 0.3 is 12.1 Å². The Balaban J connectivity index is 1.77. The number of hydrogen-bond acceptors (Lipinski definition) is 7. The van der Waals surface area contributed by atoms with E-state index in [2.05, 4.69) is 20.9 Å². The SMILES string of the molecule is CC(C)(C)OC(=O)NC(C)(C)C(=O)N[C@H](COCc1ccccc1)C(=O)Nc1cn(C(C(=O)O)c2ccc(F)c(F)c2)cn1. The number of carboxylic acid groups (broad SMARTS) is 1. The summed E-state index contributed by atoms with van der Waals surface area (Å²) in [4.78, 5) is 54.8. The van der Waals surface area contributed by atoms with E-state index in [0.29, 0.717) is 0 Å². The normalized spacial score (nSPS) is 13.0. The van der Waals surface area contributed by atoms with Crippen LogP contribution in [-0.4, -0.2) is 62.3 Å². The summed E-state index contributed by atoms with van der Waals surface area (Å²) >= 11 is 0. The number of alkyl carbamates (subject to hydrolysis) is 1. The van der Waals surface area contributed by atoms with Crippen LogP contribution >= 0.6 is 0 Å². The topological polar surface area (TPSA) is 161 Å². The van der Waals surface area contributed by atoms with E-state index in [4.69, 9.17) is 9.47 Å². The van der Waals surface area contributed by atoms with Crippen LogP contribution in [0.5, 0.6) is 0 Å². The Hall–Kier alpha value is -4.85. The van der Waals surface area contributed by atoms with Crippen LogP contribution in [0.25, 0.3) is 0 Å². The predicted octanol–water partition coefficient (Wildman–Crippen LogP) is 3.78. The highest BCUT2D eigenvalue weighted by Gasteiger charge is 2.35. The van der Waals surface area contributed by atoms with Crippen molar-refractivity contribution in [3.63, 3.8) is 0 Å². The van der Waals surface area contributed by atoms with Crippen LogP contribution in [0.1, 0.15) is 51.8 Å². The molecule has 0 radical (unpaired) electrons. The zero-order chi connectivity index (χ0) is 32.7. The second kappa shape index (κ2) is 14.1. The number of halogens is 2. The minimum Gasteiger partial charge on any atom is -0.479 e. The number of aliphatic carboxylic acids is 1. The maximum absolute atomic E-state index is 13.8. The molecule has 0 aliphatic carbocycles. The van der Waals surface area contributed by atoms with Crippen LogP contribution in [0.4, 0.5) is 19.4 Å². The van der Waals surface area contributed by atoms with Gasteiger partial charge in [-0.2, -0.15) is 0 Å². The summed E-state index contributed by atoms with van der Waals surface area (Å²) in [5.74, 6) is -5.31. The maximum Gasteiger partial charge on any atom is 0.408 e. The number of ether oxygens (including phenoxy) is 2. The molecule has 1 unspecified atom stereocenters. The molecule has 14 heteroatoms. The van der Waals surface area contributed by atoms with Gasteiger partial charge in [0.15, 0.2) is 23.5 Å². The largest absolute Gasteiger partial charge is 0.479 e. The molecule has 0 saturated heterocycles. The minimum atomic E-state index is -1.50. The molecule has 12 nitrogen and oxygen atoms in total. The molecule has 0 aliphatic heterocycles. The quantitative estimate of drug-likeness (QED) is 0.239. The van der Waals surface area contributed by atoms with Gasteiger partial charge in [-0.05, 0) is 57.9 Å². The smallest absolute Gasteiger partial charge is 0.408 e. The number of carbonyl (C=O) groups excluding carboxylic acids is 3. The van der Waals surface area contributed by atoms with E-state index in [1.165, 1.54) is 20.0 Å². The number of aromatic nitrogens is 2. The molecule has 0 saturated carbocycles. The van der Waals surface area contributed by atoms with Crippen LogP contribution in [0.15, 0.2) is 61.1 Å². The molecule has 0 aliphatic rings. The van der Waals surface area contributed by atoms with Gasteiger partial charge in [0.1, 0.15) is 17.2 Å². The first-order valence-electron chi connectivity index (χ1n) is 13.5. The van der Waals surface area contributed by atoms with Crippen LogP contribution in [-0.2, 0) is 30.5 Å². The molecule has 4 N–H and O–H groups in total. The van der Waals surface area contributed by atoms with E-state index in [0.717, 1.165) is 34.7 Å². The average molecular weight is 616 g/mol. The molecule has 3 amide bonds. The molecule has 2 aromatic carbocycles. The number of rotatable bonds is 12. The van der Waals surface area contributed by atoms with Crippen LogP contribution < -0.4 is 16.0 Å². The number of nitrogens with one attached hydrogen (secondary N) is 3. The van der Waals surface area contributed by atoms with Crippen molar-refractivity contribution in [3.8, 4) is 0 Å². The number of carboxylic acids is 1. The summed E-state index contributed by atoms with van der Waals surface area (Å²) < 4.78 is 39.2. The molecular weight excluding hydrogens is 580 g/mol. The van der Waals surface area contributed by atoms with E-state index in [-0.39, 0.29) is 24.6 Å². The summed E-state index contributed by atoms with van der Waals surface area (Å²) in [6.45, 7) is 7.72. The number of anilines is 1. The third kappa shape index (κ3) is 9.59. The van der Waals surface area contributed by atoms with Crippen LogP contribution in [0, 0.1) is 11.6 Å². The predicted molar refractivity (Wildman–Crippen MR) is 154 cm³/mol. The van der Waals surface area contributed by atoms with Crippen LogP contribution in [0.2, 0.25) is 0 Å². The van der Waals surface area contributed by atoms with Gasteiger partial charge in [-0.1, -0.05) is 36.4 Å². The first-order valence-corrected chi connectivity index (χ1v) is 13.5. The lowest BCUT2D eigenvalue weighted by Crippen LogP contribution is -2.59. The highest BCUT2D eigenvalue weighted by atomic mass is 19.2. The summed E-state index contributed by atoms with van der Waals surface area (Å²) in [6.07, 6.45) is 1.46. The fourth-order valence-electron chi connectivity index (χ4n) is 3.89. The summed E-state index contributed by atoms with van der Waals surface area (Å²) in [7, 11) is 0. The van der Waals surface area contributed by atoms with Gasteiger partial charge in [-0.15, -0.1) is 0 Å².